The molecule has 0 fully saturated rings. The summed E-state index contributed by atoms with van der Waals surface area (Å²) in [5.74, 6) is -0.272. The highest BCUT2D eigenvalue weighted by Gasteiger charge is 2.37. The Morgan fingerprint density at radius 3 is 2.57 bits per heavy atom. The zero-order valence-corrected chi connectivity index (χ0v) is 11.7. The van der Waals surface area contributed by atoms with E-state index in [2.05, 4.69) is 4.99 Å². The van der Waals surface area contributed by atoms with Gasteiger partial charge in [-0.1, -0.05) is 12.1 Å². The predicted octanol–water partition coefficient (Wildman–Crippen LogP) is 3.28. The summed E-state index contributed by atoms with van der Waals surface area (Å²) in [6.45, 7) is 0. The van der Waals surface area contributed by atoms with Crippen LogP contribution in [-0.4, -0.2) is 27.0 Å². The molecule has 2 aliphatic rings. The number of nitrogens with zero attached hydrogens (tertiary/aromatic N) is 1. The molecule has 4 nitrogen and oxygen atoms in total. The van der Waals surface area contributed by atoms with Crippen molar-refractivity contribution in [3.63, 3.8) is 0 Å². The molecule has 2 N–H and O–H groups in total. The predicted molar refractivity (Wildman–Crippen MR) is 81.0 cm³/mol. The molecule has 21 heavy (non-hydrogen) atoms. The maximum absolute atomic E-state index is 12.3. The van der Waals surface area contributed by atoms with Gasteiger partial charge in [0, 0.05) is 11.3 Å². The molecule has 2 aromatic rings. The fourth-order valence-corrected chi connectivity index (χ4v) is 4.02. The molecule has 2 aromatic carbocycles. The van der Waals surface area contributed by atoms with Crippen molar-refractivity contribution in [3.05, 3.63) is 47.5 Å². The van der Waals surface area contributed by atoms with Gasteiger partial charge >= 0.3 is 0 Å². The van der Waals surface area contributed by atoms with E-state index in [9.17, 15) is 15.0 Å². The maximum Gasteiger partial charge on any atom is 0.168 e. The molecule has 104 valence electrons. The average Bonchev–Trinajstić information content (AvgIpc) is 2.48. The Kier molecular flexibility index (Phi) is 2.59. The molecule has 0 saturated carbocycles. The van der Waals surface area contributed by atoms with Crippen LogP contribution in [0.15, 0.2) is 46.3 Å². The zero-order chi connectivity index (χ0) is 14.6. The summed E-state index contributed by atoms with van der Waals surface area (Å²) in [5.41, 5.74) is 2.06. The third-order valence-corrected chi connectivity index (χ3v) is 5.02. The molecule has 0 bridgehead atoms. The van der Waals surface area contributed by atoms with Crippen molar-refractivity contribution in [1.82, 2.24) is 0 Å². The van der Waals surface area contributed by atoms with Crippen LogP contribution in [0.5, 0.6) is 11.5 Å². The molecular weight excluding hydrogens is 286 g/mol. The van der Waals surface area contributed by atoms with E-state index in [0.717, 1.165) is 10.6 Å². The van der Waals surface area contributed by atoms with E-state index < -0.39 is 0 Å². The maximum atomic E-state index is 12.3. The molecule has 4 rings (SSSR count). The van der Waals surface area contributed by atoms with Crippen LogP contribution in [0.1, 0.15) is 22.3 Å². The van der Waals surface area contributed by atoms with E-state index >= 15 is 0 Å². The van der Waals surface area contributed by atoms with Gasteiger partial charge in [0.2, 0.25) is 0 Å². The van der Waals surface area contributed by atoms with Gasteiger partial charge in [0.05, 0.1) is 27.8 Å². The first kappa shape index (κ1) is 12.5. The first-order valence-electron chi connectivity index (χ1n) is 6.58. The minimum atomic E-state index is -0.158. The van der Waals surface area contributed by atoms with Crippen molar-refractivity contribution in [1.29, 1.82) is 0 Å². The van der Waals surface area contributed by atoms with Gasteiger partial charge in [-0.25, -0.2) is 0 Å². The van der Waals surface area contributed by atoms with Gasteiger partial charge in [-0.3, -0.25) is 9.79 Å². The van der Waals surface area contributed by atoms with Crippen LogP contribution in [-0.2, 0) is 0 Å². The third-order valence-electron chi connectivity index (χ3n) is 3.75. The van der Waals surface area contributed by atoms with E-state index in [0.29, 0.717) is 11.3 Å². The van der Waals surface area contributed by atoms with Gasteiger partial charge in [-0.05, 0) is 24.3 Å². The van der Waals surface area contributed by atoms with Crippen molar-refractivity contribution >= 4 is 28.9 Å². The number of fused-ring (bicyclic) bond motifs is 4. The second-order valence-electron chi connectivity index (χ2n) is 5.05. The molecule has 0 aromatic heterocycles. The average molecular weight is 297 g/mol. The van der Waals surface area contributed by atoms with Crippen LogP contribution in [0.3, 0.4) is 0 Å². The number of Topliss-reactive ketones (excluding diaryl/α,β-unsaturated/α-hetero) is 1. The van der Waals surface area contributed by atoms with Crippen molar-refractivity contribution in [3.8, 4) is 11.5 Å². The molecule has 1 aliphatic heterocycles. The lowest BCUT2D eigenvalue weighted by atomic mass is 9.87. The van der Waals surface area contributed by atoms with Gasteiger partial charge in [0.15, 0.2) is 5.78 Å². The summed E-state index contributed by atoms with van der Waals surface area (Å²) in [7, 11) is 0. The molecule has 5 heteroatoms. The number of phenols is 2. The summed E-state index contributed by atoms with van der Waals surface area (Å²) in [5, 5.41) is 20.0. The Balaban J connectivity index is 2.01. The number of thioether (sulfide) groups is 1. The highest BCUT2D eigenvalue weighted by molar-refractivity contribution is 8.01. The van der Waals surface area contributed by atoms with Gasteiger partial charge in [-0.15, -0.1) is 11.8 Å². The van der Waals surface area contributed by atoms with Crippen LogP contribution < -0.4 is 0 Å². The molecule has 0 radical (unpaired) electrons. The Morgan fingerprint density at radius 1 is 1.05 bits per heavy atom. The number of phenolic OH excluding ortho intramolecular Hbond substituents is 2. The van der Waals surface area contributed by atoms with Crippen LogP contribution in [0.2, 0.25) is 0 Å². The minimum Gasteiger partial charge on any atom is -0.507 e. The number of carbonyl (C=O) groups excluding carboxylic acids is 1. The number of aromatic hydroxyl groups is 2. The van der Waals surface area contributed by atoms with E-state index in [1.807, 2.05) is 24.3 Å². The second-order valence-corrected chi connectivity index (χ2v) is 6.30. The lowest BCUT2D eigenvalue weighted by Gasteiger charge is -2.29. The van der Waals surface area contributed by atoms with Gasteiger partial charge in [0.25, 0.3) is 0 Å². The lowest BCUT2D eigenvalue weighted by Crippen LogP contribution is -2.31. The number of aliphatic imine (C=N–C) groups is 1. The second kappa shape index (κ2) is 4.36. The SMILES string of the molecule is O=C1CC2Sc3ccccc3N=C2c2c(O)ccc(O)c21. The molecule has 1 atom stereocenters. The molecule has 0 amide bonds. The van der Waals surface area contributed by atoms with Crippen LogP contribution in [0.25, 0.3) is 0 Å². The Morgan fingerprint density at radius 2 is 1.76 bits per heavy atom. The highest BCUT2D eigenvalue weighted by Crippen LogP contribution is 2.46. The smallest absolute Gasteiger partial charge is 0.168 e. The molecule has 1 aliphatic carbocycles. The number of para-hydroxylation sites is 1. The minimum absolute atomic E-state index is 0.0143. The number of hydrogen-bond acceptors (Lipinski definition) is 5. The number of rotatable bonds is 0. The monoisotopic (exact) mass is 297 g/mol. The summed E-state index contributed by atoms with van der Waals surface area (Å²) in [6.07, 6.45) is 0.280. The van der Waals surface area contributed by atoms with E-state index in [1.54, 1.807) is 11.8 Å². The molecular formula is C16H11NO3S. The number of benzene rings is 2. The normalized spacial score (nSPS) is 19.3. The van der Waals surface area contributed by atoms with Crippen molar-refractivity contribution in [2.75, 3.05) is 0 Å². The summed E-state index contributed by atoms with van der Waals surface area (Å²) in [4.78, 5) is 17.9. The quantitative estimate of drug-likeness (QED) is 0.732. The Labute approximate surface area is 125 Å². The summed E-state index contributed by atoms with van der Waals surface area (Å²) < 4.78 is 0. The fourth-order valence-electron chi connectivity index (χ4n) is 2.81. The standard InChI is InChI=1S/C16H11NO3S/c18-9-5-6-10(19)15-14(9)11(20)7-13-16(15)17-8-3-1-2-4-12(8)21-13/h1-6,13,18-19H,7H2. The van der Waals surface area contributed by atoms with Gasteiger partial charge in [-0.2, -0.15) is 0 Å². The van der Waals surface area contributed by atoms with Crippen molar-refractivity contribution in [2.24, 2.45) is 4.99 Å². The Hall–Kier alpha value is -2.27. The molecule has 1 heterocycles. The fraction of sp³-hybridized carbons (Fsp3) is 0.125. The third kappa shape index (κ3) is 1.77. The van der Waals surface area contributed by atoms with Crippen LogP contribution in [0.4, 0.5) is 5.69 Å². The lowest BCUT2D eigenvalue weighted by molar-refractivity contribution is 0.0980. The number of hydrogen-bond donors (Lipinski definition) is 2. The molecule has 1 unspecified atom stereocenters. The molecule has 0 spiro atoms. The largest absolute Gasteiger partial charge is 0.507 e. The Bertz CT molecular complexity index is 813. The van der Waals surface area contributed by atoms with Crippen molar-refractivity contribution < 1.29 is 15.0 Å². The van der Waals surface area contributed by atoms with Crippen LogP contribution in [0, 0.1) is 0 Å². The molecule has 0 saturated heterocycles. The van der Waals surface area contributed by atoms with E-state index in [1.165, 1.54) is 12.1 Å². The van der Waals surface area contributed by atoms with E-state index in [4.69, 9.17) is 0 Å². The van der Waals surface area contributed by atoms with Crippen molar-refractivity contribution in [2.45, 2.75) is 16.6 Å². The topological polar surface area (TPSA) is 69.9 Å². The van der Waals surface area contributed by atoms with E-state index in [-0.39, 0.29) is 34.5 Å². The summed E-state index contributed by atoms with van der Waals surface area (Å²) >= 11 is 1.58. The van der Waals surface area contributed by atoms with Crippen LogP contribution >= 0.6 is 11.8 Å². The number of carbonyl (C=O) groups is 1. The first-order chi connectivity index (χ1) is 10.1. The number of ketones is 1. The summed E-state index contributed by atoms with van der Waals surface area (Å²) in [6, 6.07) is 10.5. The zero-order valence-electron chi connectivity index (χ0n) is 10.9. The first-order valence-corrected chi connectivity index (χ1v) is 7.46. The van der Waals surface area contributed by atoms with Gasteiger partial charge in [0.1, 0.15) is 11.5 Å². The highest BCUT2D eigenvalue weighted by atomic mass is 32.2. The van der Waals surface area contributed by atoms with Gasteiger partial charge < -0.3 is 10.2 Å².